The predicted molar refractivity (Wildman–Crippen MR) is 115 cm³/mol. The number of fused-ring (bicyclic) bond motifs is 1. The molecule has 0 bridgehead atoms. The summed E-state index contributed by atoms with van der Waals surface area (Å²) in [6, 6.07) is 5.03. The third kappa shape index (κ3) is 4.80. The van der Waals surface area contributed by atoms with Crippen LogP contribution in [-0.4, -0.2) is 43.6 Å². The molecule has 0 fully saturated rings. The second-order valence-electron chi connectivity index (χ2n) is 6.48. The molecule has 2 amide bonds. The maximum absolute atomic E-state index is 12.5. The number of amides is 2. The Balaban J connectivity index is 1.37. The van der Waals surface area contributed by atoms with E-state index in [-0.39, 0.29) is 25.2 Å². The highest BCUT2D eigenvalue weighted by Gasteiger charge is 2.21. The Morgan fingerprint density at radius 2 is 2.13 bits per heavy atom. The van der Waals surface area contributed by atoms with Gasteiger partial charge in [-0.25, -0.2) is 4.98 Å². The van der Waals surface area contributed by atoms with Gasteiger partial charge in [0.15, 0.2) is 27.6 Å². The molecule has 10 nitrogen and oxygen atoms in total. The molecule has 0 saturated carbocycles. The van der Waals surface area contributed by atoms with Crippen LogP contribution in [0.3, 0.4) is 0 Å². The van der Waals surface area contributed by atoms with Gasteiger partial charge in [-0.3, -0.25) is 9.59 Å². The van der Waals surface area contributed by atoms with Gasteiger partial charge in [0.2, 0.25) is 12.7 Å². The van der Waals surface area contributed by atoms with Gasteiger partial charge in [-0.1, -0.05) is 11.8 Å². The van der Waals surface area contributed by atoms with Crippen molar-refractivity contribution in [2.24, 2.45) is 0 Å². The van der Waals surface area contributed by atoms with Gasteiger partial charge in [-0.05, 0) is 32.0 Å². The van der Waals surface area contributed by atoms with Crippen LogP contribution in [-0.2, 0) is 17.9 Å². The summed E-state index contributed by atoms with van der Waals surface area (Å²) in [4.78, 5) is 28.9. The minimum Gasteiger partial charge on any atom is -0.454 e. The molecule has 1 atom stereocenters. The van der Waals surface area contributed by atoms with Gasteiger partial charge in [0.1, 0.15) is 0 Å². The number of nitrogens with zero attached hydrogens (tertiary/aromatic N) is 4. The minimum atomic E-state index is -0.394. The van der Waals surface area contributed by atoms with Crippen LogP contribution in [0, 0.1) is 0 Å². The fraction of sp³-hybridized carbons (Fsp3) is 0.316. The second kappa shape index (κ2) is 9.35. The summed E-state index contributed by atoms with van der Waals surface area (Å²) in [7, 11) is 0. The second-order valence-corrected chi connectivity index (χ2v) is 8.68. The molecule has 0 radical (unpaired) electrons. The third-order valence-electron chi connectivity index (χ3n) is 4.47. The van der Waals surface area contributed by atoms with E-state index in [0.29, 0.717) is 39.7 Å². The molecular weight excluding hydrogens is 440 g/mol. The van der Waals surface area contributed by atoms with Gasteiger partial charge >= 0.3 is 0 Å². The number of thiazole rings is 1. The van der Waals surface area contributed by atoms with Crippen molar-refractivity contribution in [2.45, 2.75) is 37.3 Å². The Kier molecular flexibility index (Phi) is 6.37. The van der Waals surface area contributed by atoms with Gasteiger partial charge in [-0.15, -0.1) is 21.5 Å². The average Bonchev–Trinajstić information content (AvgIpc) is 3.52. The number of nitrogens with one attached hydrogen (secondary N) is 2. The predicted octanol–water partition coefficient (Wildman–Crippen LogP) is 2.53. The number of rotatable bonds is 8. The number of hydrogen-bond donors (Lipinski definition) is 2. The Morgan fingerprint density at radius 1 is 1.29 bits per heavy atom. The molecule has 0 saturated heterocycles. The van der Waals surface area contributed by atoms with Crippen molar-refractivity contribution in [3.8, 4) is 11.5 Å². The summed E-state index contributed by atoms with van der Waals surface area (Å²) in [6.07, 6.45) is 1.63. The fourth-order valence-corrected chi connectivity index (χ4v) is 4.32. The quantitative estimate of drug-likeness (QED) is 0.492. The lowest BCUT2D eigenvalue weighted by Gasteiger charge is -2.12. The van der Waals surface area contributed by atoms with Crippen LogP contribution in [0.5, 0.6) is 11.5 Å². The van der Waals surface area contributed by atoms with Crippen molar-refractivity contribution in [1.82, 2.24) is 25.1 Å². The number of carbonyl (C=O) groups excluding carboxylic acids is 2. The van der Waals surface area contributed by atoms with E-state index in [9.17, 15) is 9.59 Å². The van der Waals surface area contributed by atoms with Crippen molar-refractivity contribution < 1.29 is 19.1 Å². The molecule has 0 unspecified atom stereocenters. The first-order valence-corrected chi connectivity index (χ1v) is 11.3. The number of ether oxygens (including phenoxy) is 2. The highest BCUT2D eigenvalue weighted by atomic mass is 32.2. The molecule has 1 aromatic carbocycles. The molecule has 4 rings (SSSR count). The van der Waals surface area contributed by atoms with E-state index in [1.54, 1.807) is 36.7 Å². The Labute approximate surface area is 186 Å². The van der Waals surface area contributed by atoms with E-state index in [1.165, 1.54) is 23.1 Å². The minimum absolute atomic E-state index is 0.154. The van der Waals surface area contributed by atoms with Crippen molar-refractivity contribution in [2.75, 3.05) is 12.1 Å². The highest BCUT2D eigenvalue weighted by Crippen LogP contribution is 2.32. The average molecular weight is 461 g/mol. The first-order valence-electron chi connectivity index (χ1n) is 9.52. The first kappa shape index (κ1) is 21.1. The monoisotopic (exact) mass is 460 g/mol. The summed E-state index contributed by atoms with van der Waals surface area (Å²) in [5.41, 5.74) is 0.467. The van der Waals surface area contributed by atoms with Gasteiger partial charge in [0, 0.05) is 23.7 Å². The van der Waals surface area contributed by atoms with Gasteiger partial charge in [0.05, 0.1) is 11.8 Å². The van der Waals surface area contributed by atoms with Gasteiger partial charge in [0.25, 0.3) is 5.91 Å². The topological polar surface area (TPSA) is 120 Å². The standard InChI is InChI=1S/C19H20N6O4S2/c1-3-25-15(9-21-17(27)12-4-5-13-14(8-12)29-10-28-13)23-24-19(25)31-11(2)16(26)22-18-20-6-7-30-18/h4-8,11H,3,9-10H2,1-2H3,(H,21,27)(H,20,22,26)/t11-/m0/s1. The molecule has 0 spiro atoms. The highest BCUT2D eigenvalue weighted by molar-refractivity contribution is 8.00. The van der Waals surface area contributed by atoms with Crippen molar-refractivity contribution in [3.05, 3.63) is 41.2 Å². The van der Waals surface area contributed by atoms with Gasteiger partial charge in [-0.2, -0.15) is 0 Å². The molecule has 162 valence electrons. The van der Waals surface area contributed by atoms with E-state index < -0.39 is 5.25 Å². The number of thioether (sulfide) groups is 1. The summed E-state index contributed by atoms with van der Waals surface area (Å²) < 4.78 is 12.5. The van der Waals surface area contributed by atoms with Crippen molar-refractivity contribution in [3.63, 3.8) is 0 Å². The Bertz CT molecular complexity index is 1090. The molecule has 3 heterocycles. The van der Waals surface area contributed by atoms with Crippen molar-refractivity contribution >= 4 is 40.0 Å². The molecule has 12 heteroatoms. The molecule has 31 heavy (non-hydrogen) atoms. The molecular formula is C19H20N6O4S2. The number of benzene rings is 1. The van der Waals surface area contributed by atoms with Crippen LogP contribution in [0.4, 0.5) is 5.13 Å². The smallest absolute Gasteiger partial charge is 0.251 e. The lowest BCUT2D eigenvalue weighted by Crippen LogP contribution is -2.25. The van der Waals surface area contributed by atoms with Crippen molar-refractivity contribution in [1.29, 1.82) is 0 Å². The van der Waals surface area contributed by atoms with Crippen LogP contribution in [0.1, 0.15) is 30.0 Å². The SMILES string of the molecule is CCn1c(CNC(=O)c2ccc3c(c2)OCO3)nnc1S[C@@H](C)C(=O)Nc1nccs1. The van der Waals surface area contributed by atoms with E-state index >= 15 is 0 Å². The normalized spacial score (nSPS) is 13.1. The van der Waals surface area contributed by atoms with Gasteiger partial charge < -0.3 is 24.7 Å². The Hall–Kier alpha value is -3.12. The lowest BCUT2D eigenvalue weighted by atomic mass is 10.2. The molecule has 1 aliphatic heterocycles. The maximum Gasteiger partial charge on any atom is 0.251 e. The number of aromatic nitrogens is 4. The summed E-state index contributed by atoms with van der Waals surface area (Å²) in [5, 5.41) is 16.6. The Morgan fingerprint density at radius 3 is 2.90 bits per heavy atom. The van der Waals surface area contributed by atoms with E-state index in [0.717, 1.165) is 0 Å². The van der Waals surface area contributed by atoms with E-state index in [2.05, 4.69) is 25.8 Å². The molecule has 0 aliphatic carbocycles. The molecule has 3 aromatic rings. The van der Waals surface area contributed by atoms with E-state index in [4.69, 9.17) is 9.47 Å². The molecule has 2 aromatic heterocycles. The number of hydrogen-bond acceptors (Lipinski definition) is 9. The summed E-state index contributed by atoms with van der Waals surface area (Å²) >= 11 is 2.66. The first-order chi connectivity index (χ1) is 15.0. The van der Waals surface area contributed by atoms with E-state index in [1.807, 2.05) is 11.5 Å². The van der Waals surface area contributed by atoms with Crippen LogP contribution in [0.2, 0.25) is 0 Å². The largest absolute Gasteiger partial charge is 0.454 e. The third-order valence-corrected chi connectivity index (χ3v) is 6.23. The van der Waals surface area contributed by atoms with Crippen LogP contribution in [0.15, 0.2) is 34.9 Å². The van der Waals surface area contributed by atoms with Crippen LogP contribution in [0.25, 0.3) is 0 Å². The summed E-state index contributed by atoms with van der Waals surface area (Å²) in [5.74, 6) is 1.36. The zero-order chi connectivity index (χ0) is 21.8. The molecule has 1 aliphatic rings. The number of anilines is 1. The maximum atomic E-state index is 12.5. The fourth-order valence-electron chi connectivity index (χ4n) is 2.86. The zero-order valence-corrected chi connectivity index (χ0v) is 18.5. The van der Waals surface area contributed by atoms with Crippen LogP contribution >= 0.6 is 23.1 Å². The number of carbonyl (C=O) groups is 2. The lowest BCUT2D eigenvalue weighted by molar-refractivity contribution is -0.115. The molecule has 2 N–H and O–H groups in total. The van der Waals surface area contributed by atoms with Crippen LogP contribution < -0.4 is 20.1 Å². The summed E-state index contributed by atoms with van der Waals surface area (Å²) in [6.45, 7) is 4.71. The zero-order valence-electron chi connectivity index (χ0n) is 16.8.